The minimum Gasteiger partial charge on any atom is -0.482 e. The molecule has 1 heterocycles. The number of amides is 1. The summed E-state index contributed by atoms with van der Waals surface area (Å²) in [5.41, 5.74) is 5.20. The maximum absolute atomic E-state index is 12.5. The number of hydrogen-bond donors (Lipinski definition) is 1. The van der Waals surface area contributed by atoms with Crippen LogP contribution in [0.5, 0.6) is 5.75 Å². The van der Waals surface area contributed by atoms with Gasteiger partial charge in [-0.25, -0.2) is 4.98 Å². The summed E-state index contributed by atoms with van der Waals surface area (Å²) >= 11 is 6.92. The van der Waals surface area contributed by atoms with Crippen molar-refractivity contribution >= 4 is 54.6 Å². The molecule has 4 rings (SSSR count). The maximum atomic E-state index is 12.5. The first-order valence-electron chi connectivity index (χ1n) is 10.7. The Labute approximate surface area is 209 Å². The van der Waals surface area contributed by atoms with Crippen molar-refractivity contribution in [1.82, 2.24) is 4.98 Å². The third-order valence-corrected chi connectivity index (χ3v) is 6.57. The SMILES string of the molecule is CCC(C)c1ccc2oc(-c3cccc(NC(=O)COc4c(C)cc(Br)cc4Br)c3)nc2c1. The Morgan fingerprint density at radius 1 is 1.15 bits per heavy atom. The fourth-order valence-electron chi connectivity index (χ4n) is 3.55. The van der Waals surface area contributed by atoms with Crippen LogP contribution in [-0.2, 0) is 4.79 Å². The van der Waals surface area contributed by atoms with E-state index in [2.05, 4.69) is 68.1 Å². The number of hydrogen-bond acceptors (Lipinski definition) is 4. The van der Waals surface area contributed by atoms with E-state index in [-0.39, 0.29) is 12.5 Å². The third kappa shape index (κ3) is 5.47. The molecule has 3 aromatic carbocycles. The summed E-state index contributed by atoms with van der Waals surface area (Å²) in [6, 6.07) is 17.4. The van der Waals surface area contributed by atoms with Gasteiger partial charge >= 0.3 is 0 Å². The van der Waals surface area contributed by atoms with Crippen molar-refractivity contribution in [2.24, 2.45) is 0 Å². The minimum absolute atomic E-state index is 0.105. The number of fused-ring (bicyclic) bond motifs is 1. The van der Waals surface area contributed by atoms with Crippen LogP contribution >= 0.6 is 31.9 Å². The van der Waals surface area contributed by atoms with Crippen molar-refractivity contribution in [2.75, 3.05) is 11.9 Å². The summed E-state index contributed by atoms with van der Waals surface area (Å²) in [6.45, 7) is 6.20. The monoisotopic (exact) mass is 570 g/mol. The number of nitrogens with zero attached hydrogens (tertiary/aromatic N) is 1. The minimum atomic E-state index is -0.253. The van der Waals surface area contributed by atoms with Gasteiger partial charge in [0.15, 0.2) is 12.2 Å². The number of halogens is 2. The molecule has 0 saturated carbocycles. The lowest BCUT2D eigenvalue weighted by atomic mass is 9.98. The quantitative estimate of drug-likeness (QED) is 0.245. The summed E-state index contributed by atoms with van der Waals surface area (Å²) in [4.78, 5) is 17.2. The molecular formula is C26H24Br2N2O3. The summed E-state index contributed by atoms with van der Waals surface area (Å²) in [6.07, 6.45) is 1.07. The highest BCUT2D eigenvalue weighted by molar-refractivity contribution is 9.11. The average molecular weight is 572 g/mol. The van der Waals surface area contributed by atoms with Crippen LogP contribution in [0.2, 0.25) is 0 Å². The first-order valence-corrected chi connectivity index (χ1v) is 12.3. The summed E-state index contributed by atoms with van der Waals surface area (Å²) < 4.78 is 13.4. The topological polar surface area (TPSA) is 64.4 Å². The van der Waals surface area contributed by atoms with Crippen LogP contribution in [0.25, 0.3) is 22.6 Å². The van der Waals surface area contributed by atoms with Gasteiger partial charge in [0.1, 0.15) is 11.3 Å². The summed E-state index contributed by atoms with van der Waals surface area (Å²) in [7, 11) is 0. The van der Waals surface area contributed by atoms with Gasteiger partial charge in [-0.05, 0) is 88.8 Å². The van der Waals surface area contributed by atoms with Gasteiger partial charge < -0.3 is 14.5 Å². The van der Waals surface area contributed by atoms with E-state index >= 15 is 0 Å². The zero-order valence-corrected chi connectivity index (χ0v) is 21.8. The molecule has 0 aliphatic heterocycles. The molecular weight excluding hydrogens is 548 g/mol. The van der Waals surface area contributed by atoms with E-state index in [1.807, 2.05) is 49.4 Å². The molecule has 1 aromatic heterocycles. The molecule has 0 radical (unpaired) electrons. The van der Waals surface area contributed by atoms with Crippen molar-refractivity contribution in [1.29, 1.82) is 0 Å². The molecule has 1 N–H and O–H groups in total. The Morgan fingerprint density at radius 2 is 1.97 bits per heavy atom. The average Bonchev–Trinajstić information content (AvgIpc) is 3.21. The van der Waals surface area contributed by atoms with E-state index in [0.29, 0.717) is 23.2 Å². The number of carbonyl (C=O) groups excluding carboxylic acids is 1. The standard InChI is InChI=1S/C26H24Br2N2O3/c1-4-15(2)17-8-9-23-22(12-17)30-26(33-23)18-6-5-7-20(11-18)29-24(31)14-32-25-16(3)10-19(27)13-21(25)28/h5-13,15H,4,14H2,1-3H3,(H,29,31). The van der Waals surface area contributed by atoms with Crippen LogP contribution in [0.4, 0.5) is 5.69 Å². The number of aromatic nitrogens is 1. The summed E-state index contributed by atoms with van der Waals surface area (Å²) in [5, 5.41) is 2.88. The fourth-order valence-corrected chi connectivity index (χ4v) is 5.10. The molecule has 33 heavy (non-hydrogen) atoms. The lowest BCUT2D eigenvalue weighted by Crippen LogP contribution is -2.20. The Morgan fingerprint density at radius 3 is 2.73 bits per heavy atom. The number of ether oxygens (including phenoxy) is 1. The molecule has 1 atom stereocenters. The van der Waals surface area contributed by atoms with Crippen molar-refractivity contribution in [3.05, 3.63) is 74.7 Å². The predicted molar refractivity (Wildman–Crippen MR) is 139 cm³/mol. The van der Waals surface area contributed by atoms with Gasteiger partial charge in [-0.1, -0.05) is 41.9 Å². The number of rotatable bonds is 7. The molecule has 7 heteroatoms. The van der Waals surface area contributed by atoms with Gasteiger partial charge in [-0.2, -0.15) is 0 Å². The normalized spacial score (nSPS) is 12.0. The molecule has 170 valence electrons. The Bertz CT molecular complexity index is 1290. The number of nitrogens with one attached hydrogen (secondary N) is 1. The van der Waals surface area contributed by atoms with Crippen molar-refractivity contribution in [2.45, 2.75) is 33.1 Å². The van der Waals surface area contributed by atoms with Crippen LogP contribution in [0, 0.1) is 6.92 Å². The number of anilines is 1. The van der Waals surface area contributed by atoms with E-state index < -0.39 is 0 Å². The Balaban J connectivity index is 1.47. The van der Waals surface area contributed by atoms with E-state index in [0.717, 1.165) is 37.6 Å². The molecule has 4 aromatic rings. The Hall–Kier alpha value is -2.64. The van der Waals surface area contributed by atoms with Gasteiger partial charge in [0.2, 0.25) is 5.89 Å². The molecule has 5 nitrogen and oxygen atoms in total. The second-order valence-electron chi connectivity index (χ2n) is 8.01. The van der Waals surface area contributed by atoms with E-state index in [9.17, 15) is 4.79 Å². The van der Waals surface area contributed by atoms with E-state index in [1.54, 1.807) is 0 Å². The zero-order chi connectivity index (χ0) is 23.5. The highest BCUT2D eigenvalue weighted by Crippen LogP contribution is 2.32. The van der Waals surface area contributed by atoms with Crippen molar-refractivity contribution < 1.29 is 13.9 Å². The zero-order valence-electron chi connectivity index (χ0n) is 18.6. The van der Waals surface area contributed by atoms with Crippen molar-refractivity contribution in [3.63, 3.8) is 0 Å². The number of oxazole rings is 1. The molecule has 0 aliphatic rings. The van der Waals surface area contributed by atoms with Gasteiger partial charge in [0.05, 0.1) is 4.47 Å². The smallest absolute Gasteiger partial charge is 0.262 e. The Kier molecular flexibility index (Phi) is 7.20. The van der Waals surface area contributed by atoms with Crippen LogP contribution in [0.3, 0.4) is 0 Å². The first kappa shape index (κ1) is 23.5. The number of aryl methyl sites for hydroxylation is 1. The third-order valence-electron chi connectivity index (χ3n) is 5.53. The van der Waals surface area contributed by atoms with Gasteiger partial charge in [-0.3, -0.25) is 4.79 Å². The largest absolute Gasteiger partial charge is 0.482 e. The number of benzene rings is 3. The van der Waals surface area contributed by atoms with Crippen molar-refractivity contribution in [3.8, 4) is 17.2 Å². The lowest BCUT2D eigenvalue weighted by Gasteiger charge is -2.12. The highest BCUT2D eigenvalue weighted by Gasteiger charge is 2.13. The highest BCUT2D eigenvalue weighted by atomic mass is 79.9. The van der Waals surface area contributed by atoms with Crippen LogP contribution in [0.1, 0.15) is 37.3 Å². The van der Waals surface area contributed by atoms with Crippen LogP contribution in [-0.4, -0.2) is 17.5 Å². The molecule has 0 aliphatic carbocycles. The van der Waals surface area contributed by atoms with E-state index in [1.165, 1.54) is 5.56 Å². The first-order chi connectivity index (χ1) is 15.8. The second kappa shape index (κ2) is 10.1. The molecule has 1 amide bonds. The van der Waals surface area contributed by atoms with Gasteiger partial charge in [-0.15, -0.1) is 0 Å². The molecule has 0 bridgehead atoms. The summed E-state index contributed by atoms with van der Waals surface area (Å²) in [5.74, 6) is 1.38. The van der Waals surface area contributed by atoms with Crippen LogP contribution < -0.4 is 10.1 Å². The second-order valence-corrected chi connectivity index (χ2v) is 9.78. The maximum Gasteiger partial charge on any atom is 0.262 e. The molecule has 0 spiro atoms. The lowest BCUT2D eigenvalue weighted by molar-refractivity contribution is -0.118. The van der Waals surface area contributed by atoms with Crippen LogP contribution in [0.15, 0.2) is 68.0 Å². The van der Waals surface area contributed by atoms with Gasteiger partial charge in [0, 0.05) is 15.7 Å². The predicted octanol–water partition coefficient (Wildman–Crippen LogP) is 7.86. The van der Waals surface area contributed by atoms with E-state index in [4.69, 9.17) is 9.15 Å². The fraction of sp³-hybridized carbons (Fsp3) is 0.231. The molecule has 1 unspecified atom stereocenters. The molecule has 0 saturated heterocycles. The molecule has 0 fully saturated rings. The number of carbonyl (C=O) groups is 1. The van der Waals surface area contributed by atoms with Gasteiger partial charge in [0.25, 0.3) is 5.91 Å².